The van der Waals surface area contributed by atoms with E-state index in [4.69, 9.17) is 10.2 Å². The largest absolute Gasteiger partial charge is 0.478 e. The number of carboxylic acids is 1. The Morgan fingerprint density at radius 2 is 2.25 bits per heavy atom. The molecule has 0 bridgehead atoms. The number of aromatic nitrogens is 2. The maximum absolute atomic E-state index is 12.4. The summed E-state index contributed by atoms with van der Waals surface area (Å²) < 4.78 is 1.22. The second-order valence-corrected chi connectivity index (χ2v) is 5.13. The Morgan fingerprint density at radius 3 is 2.80 bits per heavy atom. The monoisotopic (exact) mass is 298 g/mol. The van der Waals surface area contributed by atoms with Crippen LogP contribution in [-0.4, -0.2) is 43.6 Å². The molecule has 0 radical (unpaired) electrons. The van der Waals surface area contributed by atoms with Gasteiger partial charge in [-0.25, -0.2) is 9.78 Å². The van der Waals surface area contributed by atoms with Crippen LogP contribution in [0.15, 0.2) is 10.2 Å². The van der Waals surface area contributed by atoms with Crippen molar-refractivity contribution < 1.29 is 20.1 Å². The van der Waals surface area contributed by atoms with E-state index in [1.54, 1.807) is 6.92 Å². The van der Waals surface area contributed by atoms with E-state index in [0.717, 1.165) is 11.3 Å². The molecule has 0 aliphatic carbocycles. The molecule has 0 saturated heterocycles. The van der Waals surface area contributed by atoms with Crippen LogP contribution in [0.1, 0.15) is 23.1 Å². The van der Waals surface area contributed by atoms with Gasteiger partial charge in [0.2, 0.25) is 0 Å². The van der Waals surface area contributed by atoms with Crippen LogP contribution in [0.5, 0.6) is 0 Å². The van der Waals surface area contributed by atoms with Gasteiger partial charge in [-0.05, 0) is 0 Å². The molecule has 7 nitrogen and oxygen atoms in total. The molecule has 0 aromatic carbocycles. The highest BCUT2D eigenvalue weighted by molar-refractivity contribution is 7.17. The minimum absolute atomic E-state index is 0.0461. The van der Waals surface area contributed by atoms with Crippen molar-refractivity contribution >= 4 is 27.5 Å². The first-order chi connectivity index (χ1) is 9.49. The normalized spacial score (nSPS) is 12.8. The van der Waals surface area contributed by atoms with Crippen molar-refractivity contribution in [3.8, 4) is 0 Å². The van der Waals surface area contributed by atoms with E-state index in [2.05, 4.69) is 4.98 Å². The predicted octanol–water partition coefficient (Wildman–Crippen LogP) is 0.0718. The Labute approximate surface area is 117 Å². The molecule has 8 heteroatoms. The summed E-state index contributed by atoms with van der Waals surface area (Å²) in [6.07, 6.45) is -0.631. The van der Waals surface area contributed by atoms with Crippen LogP contribution in [-0.2, 0) is 13.0 Å². The van der Waals surface area contributed by atoms with Gasteiger partial charge in [0.25, 0.3) is 5.56 Å². The quantitative estimate of drug-likeness (QED) is 0.720. The van der Waals surface area contributed by atoms with Crippen LogP contribution < -0.4 is 5.56 Å². The number of nitrogens with zero attached hydrogens (tertiary/aromatic N) is 2. The lowest BCUT2D eigenvalue weighted by molar-refractivity contribution is 0.0699. The number of rotatable bonds is 5. The highest BCUT2D eigenvalue weighted by Gasteiger charge is 2.20. The number of carboxylic acid groups (broad SMARTS) is 1. The molecule has 108 valence electrons. The number of fused-ring (bicyclic) bond motifs is 1. The molecule has 0 fully saturated rings. The summed E-state index contributed by atoms with van der Waals surface area (Å²) in [5, 5.41) is 28.9. The van der Waals surface area contributed by atoms with Crippen molar-refractivity contribution in [2.45, 2.75) is 26.0 Å². The third-order valence-corrected chi connectivity index (χ3v) is 3.80. The van der Waals surface area contributed by atoms with E-state index >= 15 is 0 Å². The van der Waals surface area contributed by atoms with Crippen LogP contribution in [0.3, 0.4) is 0 Å². The van der Waals surface area contributed by atoms with Gasteiger partial charge in [-0.15, -0.1) is 11.3 Å². The number of aromatic carboxylic acids is 1. The molecule has 3 N–H and O–H groups in total. The fourth-order valence-electron chi connectivity index (χ4n) is 1.95. The Hall–Kier alpha value is -1.77. The predicted molar refractivity (Wildman–Crippen MR) is 73.3 cm³/mol. The zero-order valence-electron chi connectivity index (χ0n) is 10.7. The van der Waals surface area contributed by atoms with Crippen LogP contribution in [0.25, 0.3) is 10.2 Å². The van der Waals surface area contributed by atoms with Crippen molar-refractivity contribution in [2.75, 3.05) is 6.61 Å². The molecule has 0 saturated carbocycles. The lowest BCUT2D eigenvalue weighted by Gasteiger charge is -2.14. The highest BCUT2D eigenvalue weighted by atomic mass is 32.1. The molecule has 1 unspecified atom stereocenters. The molecule has 1 atom stereocenters. The van der Waals surface area contributed by atoms with Crippen LogP contribution in [0, 0.1) is 0 Å². The molecular formula is C12H14N2O5S. The number of hydrogen-bond donors (Lipinski definition) is 3. The van der Waals surface area contributed by atoms with Crippen LogP contribution in [0.2, 0.25) is 0 Å². The maximum atomic E-state index is 12.4. The van der Waals surface area contributed by atoms with Crippen molar-refractivity contribution in [1.82, 2.24) is 9.55 Å². The maximum Gasteiger partial charge on any atom is 0.337 e. The van der Waals surface area contributed by atoms with E-state index in [9.17, 15) is 14.7 Å². The van der Waals surface area contributed by atoms with Gasteiger partial charge in [0, 0.05) is 11.8 Å². The van der Waals surface area contributed by atoms with Crippen LogP contribution >= 0.6 is 11.3 Å². The van der Waals surface area contributed by atoms with E-state index in [0.29, 0.717) is 17.1 Å². The minimum atomic E-state index is -1.19. The SMILES string of the molecule is CCc1nc2scc(C(=O)O)c2c(=O)n1CC(O)CO. The summed E-state index contributed by atoms with van der Waals surface area (Å²) in [6, 6.07) is 0. The fourth-order valence-corrected chi connectivity index (χ4v) is 2.87. The average Bonchev–Trinajstić information content (AvgIpc) is 2.85. The number of hydrogen-bond acceptors (Lipinski definition) is 6. The number of aliphatic hydroxyl groups excluding tert-OH is 2. The highest BCUT2D eigenvalue weighted by Crippen LogP contribution is 2.21. The molecule has 2 aromatic rings. The summed E-state index contributed by atoms with van der Waals surface area (Å²) in [5.74, 6) is -0.734. The standard InChI is InChI=1S/C12H14N2O5S/c1-2-8-13-10-9(7(5-20-10)12(18)19)11(17)14(8)3-6(16)4-15/h5-6,15-16H,2-4H2,1H3,(H,18,19). The van der Waals surface area contributed by atoms with Crippen molar-refractivity contribution in [3.63, 3.8) is 0 Å². The van der Waals surface area contributed by atoms with E-state index in [-0.39, 0.29) is 17.5 Å². The summed E-state index contributed by atoms with van der Waals surface area (Å²) in [5.41, 5.74) is -0.588. The molecule has 20 heavy (non-hydrogen) atoms. The Kier molecular flexibility index (Phi) is 4.17. The first-order valence-corrected chi connectivity index (χ1v) is 6.90. The van der Waals surface area contributed by atoms with Crippen LogP contribution in [0.4, 0.5) is 0 Å². The molecular weight excluding hydrogens is 284 g/mol. The van der Waals surface area contributed by atoms with Gasteiger partial charge in [0.05, 0.1) is 30.2 Å². The smallest absolute Gasteiger partial charge is 0.337 e. The van der Waals surface area contributed by atoms with Gasteiger partial charge in [-0.2, -0.15) is 0 Å². The van der Waals surface area contributed by atoms with E-state index in [1.807, 2.05) is 0 Å². The van der Waals surface area contributed by atoms with Gasteiger partial charge < -0.3 is 15.3 Å². The fraction of sp³-hybridized carbons (Fsp3) is 0.417. The van der Waals surface area contributed by atoms with Crippen molar-refractivity contribution in [1.29, 1.82) is 0 Å². The van der Waals surface area contributed by atoms with Gasteiger partial charge in [0.15, 0.2) is 0 Å². The van der Waals surface area contributed by atoms with Gasteiger partial charge >= 0.3 is 5.97 Å². The Bertz CT molecular complexity index is 706. The number of aliphatic hydroxyl groups is 2. The zero-order valence-corrected chi connectivity index (χ0v) is 11.6. The molecule has 2 aromatic heterocycles. The third-order valence-electron chi connectivity index (χ3n) is 2.92. The van der Waals surface area contributed by atoms with Crippen molar-refractivity contribution in [3.05, 3.63) is 27.1 Å². The van der Waals surface area contributed by atoms with Gasteiger partial charge in [-0.3, -0.25) is 9.36 Å². The minimum Gasteiger partial charge on any atom is -0.478 e. The lowest BCUT2D eigenvalue weighted by atomic mass is 10.2. The second kappa shape index (κ2) is 5.70. The third kappa shape index (κ3) is 2.45. The number of carbonyl (C=O) groups is 1. The Morgan fingerprint density at radius 1 is 1.55 bits per heavy atom. The first-order valence-electron chi connectivity index (χ1n) is 6.02. The summed E-state index contributed by atoms with van der Waals surface area (Å²) >= 11 is 1.10. The molecule has 0 amide bonds. The number of thiophene rings is 1. The molecule has 0 aliphatic rings. The number of aryl methyl sites for hydroxylation is 1. The molecule has 0 spiro atoms. The average molecular weight is 298 g/mol. The summed E-state index contributed by atoms with van der Waals surface area (Å²) in [4.78, 5) is 28.2. The molecule has 2 heterocycles. The lowest BCUT2D eigenvalue weighted by Crippen LogP contribution is -2.32. The first kappa shape index (κ1) is 14.6. The molecule has 0 aliphatic heterocycles. The summed E-state index contributed by atoms with van der Waals surface area (Å²) in [7, 11) is 0. The van der Waals surface area contributed by atoms with Crippen molar-refractivity contribution in [2.24, 2.45) is 0 Å². The van der Waals surface area contributed by atoms with E-state index < -0.39 is 24.2 Å². The van der Waals surface area contributed by atoms with Gasteiger partial charge in [-0.1, -0.05) is 6.92 Å². The van der Waals surface area contributed by atoms with Gasteiger partial charge in [0.1, 0.15) is 10.7 Å². The topological polar surface area (TPSA) is 113 Å². The molecule has 2 rings (SSSR count). The van der Waals surface area contributed by atoms with E-state index in [1.165, 1.54) is 9.95 Å². The summed E-state index contributed by atoms with van der Waals surface area (Å²) in [6.45, 7) is 1.21. The zero-order chi connectivity index (χ0) is 14.9. The Balaban J connectivity index is 2.71. The second-order valence-electron chi connectivity index (χ2n) is 4.27.